The lowest BCUT2D eigenvalue weighted by Crippen LogP contribution is -2.10. The molecule has 0 aliphatic rings. The van der Waals surface area contributed by atoms with E-state index in [4.69, 9.17) is 4.74 Å². The second-order valence-electron chi connectivity index (χ2n) is 4.80. The number of rotatable bonds is 6. The van der Waals surface area contributed by atoms with Crippen molar-refractivity contribution in [3.05, 3.63) is 30.5 Å². The highest BCUT2D eigenvalue weighted by atomic mass is 16.5. The summed E-state index contributed by atoms with van der Waals surface area (Å²) in [6.07, 6.45) is 1.61. The second-order valence-corrected chi connectivity index (χ2v) is 4.80. The molecule has 1 aromatic heterocycles. The summed E-state index contributed by atoms with van der Waals surface area (Å²) < 4.78 is 5.17. The van der Waals surface area contributed by atoms with E-state index in [0.717, 1.165) is 18.0 Å². The van der Waals surface area contributed by atoms with Gasteiger partial charge >= 0.3 is 0 Å². The van der Waals surface area contributed by atoms with Crippen molar-refractivity contribution in [2.45, 2.75) is 13.8 Å². The van der Waals surface area contributed by atoms with Crippen molar-refractivity contribution in [2.24, 2.45) is 5.92 Å². The number of nitrogens with zero attached hydrogens (tertiary/aromatic N) is 3. The van der Waals surface area contributed by atoms with E-state index in [1.165, 1.54) is 0 Å². The zero-order valence-electron chi connectivity index (χ0n) is 11.9. The van der Waals surface area contributed by atoms with Crippen molar-refractivity contribution in [2.75, 3.05) is 24.3 Å². The smallest absolute Gasteiger partial charge is 0.249 e. The molecule has 0 bridgehead atoms. The van der Waals surface area contributed by atoms with Crippen LogP contribution in [0.25, 0.3) is 0 Å². The van der Waals surface area contributed by atoms with Gasteiger partial charge < -0.3 is 15.4 Å². The van der Waals surface area contributed by atoms with E-state index >= 15 is 0 Å². The van der Waals surface area contributed by atoms with E-state index in [-0.39, 0.29) is 0 Å². The number of hydrogen-bond donors (Lipinski definition) is 2. The van der Waals surface area contributed by atoms with Crippen LogP contribution in [0.1, 0.15) is 13.8 Å². The fraction of sp³-hybridized carbons (Fsp3) is 0.357. The molecule has 20 heavy (non-hydrogen) atoms. The Hall–Kier alpha value is -2.37. The Morgan fingerprint density at radius 2 is 2.15 bits per heavy atom. The van der Waals surface area contributed by atoms with Gasteiger partial charge in [-0.2, -0.15) is 10.1 Å². The maximum Gasteiger partial charge on any atom is 0.249 e. The second kappa shape index (κ2) is 6.70. The molecular formula is C14H19N5O. The maximum absolute atomic E-state index is 5.17. The fourth-order valence-electron chi connectivity index (χ4n) is 1.58. The van der Waals surface area contributed by atoms with E-state index in [2.05, 4.69) is 39.7 Å². The molecule has 0 saturated carbocycles. The predicted octanol–water partition coefficient (Wildman–Crippen LogP) is 2.69. The first-order valence-corrected chi connectivity index (χ1v) is 6.52. The summed E-state index contributed by atoms with van der Waals surface area (Å²) in [4.78, 5) is 4.36. The Bertz CT molecular complexity index is 559. The molecule has 2 N–H and O–H groups in total. The number of anilines is 3. The van der Waals surface area contributed by atoms with Gasteiger partial charge in [-0.05, 0) is 18.1 Å². The molecule has 0 unspecified atom stereocenters. The van der Waals surface area contributed by atoms with E-state index in [1.54, 1.807) is 13.3 Å². The summed E-state index contributed by atoms with van der Waals surface area (Å²) in [6, 6.07) is 7.57. The molecule has 0 amide bonds. The van der Waals surface area contributed by atoms with Gasteiger partial charge in [0.05, 0.1) is 13.3 Å². The SMILES string of the molecule is COc1cccc(Nc2nncc(NCC(C)C)n2)c1. The first-order chi connectivity index (χ1) is 9.67. The highest BCUT2D eigenvalue weighted by Gasteiger charge is 2.03. The summed E-state index contributed by atoms with van der Waals surface area (Å²) >= 11 is 0. The Labute approximate surface area is 118 Å². The number of methoxy groups -OCH3 is 1. The van der Waals surface area contributed by atoms with Gasteiger partial charge in [-0.25, -0.2) is 0 Å². The van der Waals surface area contributed by atoms with E-state index in [1.807, 2.05) is 24.3 Å². The quantitative estimate of drug-likeness (QED) is 0.843. The van der Waals surface area contributed by atoms with Gasteiger partial charge in [-0.15, -0.1) is 5.10 Å². The third kappa shape index (κ3) is 4.08. The lowest BCUT2D eigenvalue weighted by molar-refractivity contribution is 0.415. The van der Waals surface area contributed by atoms with Gasteiger partial charge in [-0.3, -0.25) is 0 Å². The van der Waals surface area contributed by atoms with Crippen LogP contribution in [-0.2, 0) is 0 Å². The molecule has 6 heteroatoms. The molecule has 0 radical (unpaired) electrons. The minimum Gasteiger partial charge on any atom is -0.497 e. The number of ether oxygens (including phenoxy) is 1. The Morgan fingerprint density at radius 3 is 2.90 bits per heavy atom. The zero-order chi connectivity index (χ0) is 14.4. The highest BCUT2D eigenvalue weighted by Crippen LogP contribution is 2.19. The van der Waals surface area contributed by atoms with Crippen molar-refractivity contribution in [1.29, 1.82) is 0 Å². The van der Waals surface area contributed by atoms with Crippen molar-refractivity contribution >= 4 is 17.5 Å². The zero-order valence-corrected chi connectivity index (χ0v) is 11.9. The maximum atomic E-state index is 5.17. The first kappa shape index (κ1) is 14.0. The molecule has 1 aromatic carbocycles. The largest absolute Gasteiger partial charge is 0.497 e. The van der Waals surface area contributed by atoms with Crippen LogP contribution >= 0.6 is 0 Å². The Morgan fingerprint density at radius 1 is 1.30 bits per heavy atom. The molecule has 6 nitrogen and oxygen atoms in total. The monoisotopic (exact) mass is 273 g/mol. The van der Waals surface area contributed by atoms with Crippen LogP contribution in [0.15, 0.2) is 30.5 Å². The van der Waals surface area contributed by atoms with Crippen molar-refractivity contribution in [3.63, 3.8) is 0 Å². The van der Waals surface area contributed by atoms with Crippen LogP contribution in [0.5, 0.6) is 5.75 Å². The number of nitrogens with one attached hydrogen (secondary N) is 2. The molecule has 106 valence electrons. The van der Waals surface area contributed by atoms with Crippen molar-refractivity contribution < 1.29 is 4.74 Å². The van der Waals surface area contributed by atoms with Gasteiger partial charge in [-0.1, -0.05) is 19.9 Å². The van der Waals surface area contributed by atoms with Crippen LogP contribution in [0.4, 0.5) is 17.5 Å². The molecule has 0 spiro atoms. The minimum absolute atomic E-state index is 0.451. The van der Waals surface area contributed by atoms with Crippen molar-refractivity contribution in [1.82, 2.24) is 15.2 Å². The molecule has 0 aliphatic carbocycles. The van der Waals surface area contributed by atoms with E-state index < -0.39 is 0 Å². The van der Waals surface area contributed by atoms with Crippen LogP contribution in [0, 0.1) is 5.92 Å². The number of aromatic nitrogens is 3. The summed E-state index contributed by atoms with van der Waals surface area (Å²) in [5.74, 6) is 2.47. The predicted molar refractivity (Wildman–Crippen MR) is 79.4 cm³/mol. The lowest BCUT2D eigenvalue weighted by Gasteiger charge is -2.09. The van der Waals surface area contributed by atoms with E-state index in [0.29, 0.717) is 17.7 Å². The van der Waals surface area contributed by atoms with Gasteiger partial charge in [0.1, 0.15) is 5.75 Å². The molecule has 0 aliphatic heterocycles. The molecule has 0 atom stereocenters. The standard InChI is InChI=1S/C14H19N5O/c1-10(2)8-15-13-9-16-19-14(18-13)17-11-5-4-6-12(7-11)20-3/h4-7,9-10H,8H2,1-3H3,(H2,15,17,18,19). The summed E-state index contributed by atoms with van der Waals surface area (Å²) in [7, 11) is 1.63. The molecular weight excluding hydrogens is 254 g/mol. The van der Waals surface area contributed by atoms with E-state index in [9.17, 15) is 0 Å². The third-order valence-electron chi connectivity index (χ3n) is 2.58. The van der Waals surface area contributed by atoms with Gasteiger partial charge in [0.2, 0.25) is 5.95 Å². The van der Waals surface area contributed by atoms with Crippen LogP contribution in [0.2, 0.25) is 0 Å². The fourth-order valence-corrected chi connectivity index (χ4v) is 1.58. The summed E-state index contributed by atoms with van der Waals surface area (Å²) in [6.45, 7) is 5.12. The molecule has 2 aromatic rings. The lowest BCUT2D eigenvalue weighted by atomic mass is 10.2. The average Bonchev–Trinajstić information content (AvgIpc) is 2.46. The average molecular weight is 273 g/mol. The normalized spacial score (nSPS) is 10.4. The van der Waals surface area contributed by atoms with Gasteiger partial charge in [0, 0.05) is 18.3 Å². The summed E-state index contributed by atoms with van der Waals surface area (Å²) in [5, 5.41) is 14.2. The first-order valence-electron chi connectivity index (χ1n) is 6.52. The molecule has 2 rings (SSSR count). The third-order valence-corrected chi connectivity index (χ3v) is 2.58. The van der Waals surface area contributed by atoms with Gasteiger partial charge in [0.15, 0.2) is 5.82 Å². The Kier molecular flexibility index (Phi) is 4.70. The van der Waals surface area contributed by atoms with Crippen LogP contribution in [-0.4, -0.2) is 28.8 Å². The summed E-state index contributed by atoms with van der Waals surface area (Å²) in [5.41, 5.74) is 0.854. The number of benzene rings is 1. The Balaban J connectivity index is 2.06. The van der Waals surface area contributed by atoms with Gasteiger partial charge in [0.25, 0.3) is 0 Å². The van der Waals surface area contributed by atoms with Crippen molar-refractivity contribution in [3.8, 4) is 5.75 Å². The molecule has 0 fully saturated rings. The van der Waals surface area contributed by atoms with Crippen LogP contribution in [0.3, 0.4) is 0 Å². The highest BCUT2D eigenvalue weighted by molar-refractivity contribution is 5.56. The van der Waals surface area contributed by atoms with Crippen LogP contribution < -0.4 is 15.4 Å². The molecule has 0 saturated heterocycles. The topological polar surface area (TPSA) is 72.0 Å². The minimum atomic E-state index is 0.451. The molecule has 1 heterocycles. The number of hydrogen-bond acceptors (Lipinski definition) is 6.